The first kappa shape index (κ1) is 13.8. The summed E-state index contributed by atoms with van der Waals surface area (Å²) in [5, 5.41) is 3.65. The molecule has 0 bridgehead atoms. The average molecular weight is 257 g/mol. The average Bonchev–Trinajstić information content (AvgIpc) is 2.86. The fourth-order valence-electron chi connectivity index (χ4n) is 2.51. The van der Waals surface area contributed by atoms with Gasteiger partial charge in [0.1, 0.15) is 5.82 Å². The molecule has 1 heterocycles. The van der Waals surface area contributed by atoms with Crippen LogP contribution in [0.15, 0.2) is 42.7 Å². The first-order chi connectivity index (χ1) is 9.24. The number of aryl methyl sites for hydroxylation is 1. The van der Waals surface area contributed by atoms with Gasteiger partial charge in [0, 0.05) is 12.4 Å². The van der Waals surface area contributed by atoms with Gasteiger partial charge in [-0.1, -0.05) is 37.3 Å². The monoisotopic (exact) mass is 257 g/mol. The molecule has 19 heavy (non-hydrogen) atoms. The first-order valence-corrected chi connectivity index (χ1v) is 7.01. The molecule has 2 atom stereocenters. The highest BCUT2D eigenvalue weighted by molar-refractivity contribution is 5.20. The van der Waals surface area contributed by atoms with Crippen LogP contribution in [0, 0.1) is 6.92 Å². The summed E-state index contributed by atoms with van der Waals surface area (Å²) < 4.78 is 2.24. The minimum Gasteiger partial charge on any atom is -0.330 e. The van der Waals surface area contributed by atoms with E-state index in [4.69, 9.17) is 0 Å². The lowest BCUT2D eigenvalue weighted by Gasteiger charge is -2.27. The number of benzene rings is 1. The molecule has 0 aliphatic carbocycles. The van der Waals surface area contributed by atoms with Gasteiger partial charge in [0.2, 0.25) is 0 Å². The van der Waals surface area contributed by atoms with E-state index < -0.39 is 0 Å². The standard InChI is InChI=1S/C16H23N3/c1-4-10-18-16(15-8-6-5-7-9-15)13(2)19-12-11-17-14(19)3/h5-9,11-13,16,18H,4,10H2,1-3H3. The van der Waals surface area contributed by atoms with Crippen LogP contribution < -0.4 is 5.32 Å². The molecule has 0 aliphatic rings. The third-order valence-electron chi connectivity index (χ3n) is 3.56. The highest BCUT2D eigenvalue weighted by Gasteiger charge is 2.20. The minimum atomic E-state index is 0.314. The molecule has 0 spiro atoms. The van der Waals surface area contributed by atoms with Crippen LogP contribution in [0.1, 0.15) is 43.7 Å². The van der Waals surface area contributed by atoms with Crippen molar-refractivity contribution in [3.8, 4) is 0 Å². The Kier molecular flexibility index (Phi) is 4.74. The van der Waals surface area contributed by atoms with Crippen LogP contribution in [-0.4, -0.2) is 16.1 Å². The molecule has 1 aromatic heterocycles. The van der Waals surface area contributed by atoms with Gasteiger partial charge in [-0.2, -0.15) is 0 Å². The maximum Gasteiger partial charge on any atom is 0.105 e. The van der Waals surface area contributed by atoms with Gasteiger partial charge in [0.05, 0.1) is 12.1 Å². The third kappa shape index (κ3) is 3.24. The number of hydrogen-bond donors (Lipinski definition) is 1. The molecule has 3 nitrogen and oxygen atoms in total. The van der Waals surface area contributed by atoms with Gasteiger partial charge in [0.25, 0.3) is 0 Å². The van der Waals surface area contributed by atoms with Gasteiger partial charge in [-0.15, -0.1) is 0 Å². The zero-order valence-electron chi connectivity index (χ0n) is 12.0. The van der Waals surface area contributed by atoms with Crippen molar-refractivity contribution in [1.29, 1.82) is 0 Å². The predicted octanol–water partition coefficient (Wildman–Crippen LogP) is 3.49. The van der Waals surface area contributed by atoms with Crippen LogP contribution in [0.4, 0.5) is 0 Å². The van der Waals surface area contributed by atoms with Crippen LogP contribution in [-0.2, 0) is 0 Å². The van der Waals surface area contributed by atoms with E-state index in [0.717, 1.165) is 18.8 Å². The zero-order valence-corrected chi connectivity index (χ0v) is 12.0. The van der Waals surface area contributed by atoms with Gasteiger partial charge >= 0.3 is 0 Å². The number of imidazole rings is 1. The van der Waals surface area contributed by atoms with Crippen LogP contribution in [0.3, 0.4) is 0 Å². The van der Waals surface area contributed by atoms with Crippen molar-refractivity contribution >= 4 is 0 Å². The Hall–Kier alpha value is -1.61. The Balaban J connectivity index is 2.25. The summed E-state index contributed by atoms with van der Waals surface area (Å²) in [5.41, 5.74) is 1.33. The molecule has 2 unspecified atom stereocenters. The van der Waals surface area contributed by atoms with Crippen molar-refractivity contribution in [2.45, 2.75) is 39.3 Å². The Morgan fingerprint density at radius 1 is 1.26 bits per heavy atom. The Morgan fingerprint density at radius 2 is 2.00 bits per heavy atom. The fourth-order valence-corrected chi connectivity index (χ4v) is 2.51. The molecule has 0 amide bonds. The summed E-state index contributed by atoms with van der Waals surface area (Å²) in [6.45, 7) is 7.52. The molecule has 0 aliphatic heterocycles. The second-order valence-corrected chi connectivity index (χ2v) is 4.96. The fraction of sp³-hybridized carbons (Fsp3) is 0.438. The number of rotatable bonds is 6. The van der Waals surface area contributed by atoms with Crippen molar-refractivity contribution in [3.63, 3.8) is 0 Å². The predicted molar refractivity (Wildman–Crippen MR) is 79.2 cm³/mol. The van der Waals surface area contributed by atoms with Gasteiger partial charge in [-0.3, -0.25) is 0 Å². The van der Waals surface area contributed by atoms with E-state index in [1.165, 1.54) is 5.56 Å². The lowest BCUT2D eigenvalue weighted by molar-refractivity contribution is 0.374. The topological polar surface area (TPSA) is 29.9 Å². The summed E-state index contributed by atoms with van der Waals surface area (Å²) in [6.07, 6.45) is 5.07. The number of nitrogens with zero attached hydrogens (tertiary/aromatic N) is 2. The molecule has 2 aromatic rings. The molecular formula is C16H23N3. The number of hydrogen-bond acceptors (Lipinski definition) is 2. The highest BCUT2D eigenvalue weighted by atomic mass is 15.1. The Morgan fingerprint density at radius 3 is 2.58 bits per heavy atom. The van der Waals surface area contributed by atoms with Crippen molar-refractivity contribution in [2.75, 3.05) is 6.54 Å². The van der Waals surface area contributed by atoms with Gasteiger partial charge in [0.15, 0.2) is 0 Å². The van der Waals surface area contributed by atoms with Crippen molar-refractivity contribution < 1.29 is 0 Å². The van der Waals surface area contributed by atoms with Gasteiger partial charge in [-0.25, -0.2) is 4.98 Å². The molecule has 0 fully saturated rings. The van der Waals surface area contributed by atoms with E-state index in [9.17, 15) is 0 Å². The minimum absolute atomic E-state index is 0.314. The lowest BCUT2D eigenvalue weighted by atomic mass is 10.00. The summed E-state index contributed by atoms with van der Waals surface area (Å²) >= 11 is 0. The third-order valence-corrected chi connectivity index (χ3v) is 3.56. The molecule has 3 heteroatoms. The van der Waals surface area contributed by atoms with E-state index in [2.05, 4.69) is 72.2 Å². The van der Waals surface area contributed by atoms with Crippen molar-refractivity contribution in [3.05, 3.63) is 54.1 Å². The number of nitrogens with one attached hydrogen (secondary N) is 1. The summed E-state index contributed by atoms with van der Waals surface area (Å²) in [7, 11) is 0. The molecule has 0 saturated carbocycles. The molecule has 1 aromatic carbocycles. The largest absolute Gasteiger partial charge is 0.330 e. The molecule has 1 N–H and O–H groups in total. The lowest BCUT2D eigenvalue weighted by Crippen LogP contribution is -2.29. The summed E-state index contributed by atoms with van der Waals surface area (Å²) in [6, 6.07) is 11.3. The first-order valence-electron chi connectivity index (χ1n) is 7.01. The Labute approximate surface area is 115 Å². The van der Waals surface area contributed by atoms with E-state index >= 15 is 0 Å². The zero-order chi connectivity index (χ0) is 13.7. The van der Waals surface area contributed by atoms with Gasteiger partial charge in [-0.05, 0) is 32.4 Å². The van der Waals surface area contributed by atoms with Crippen LogP contribution in [0.2, 0.25) is 0 Å². The van der Waals surface area contributed by atoms with Crippen molar-refractivity contribution in [2.24, 2.45) is 0 Å². The molecular weight excluding hydrogens is 234 g/mol. The van der Waals surface area contributed by atoms with Crippen LogP contribution in [0.25, 0.3) is 0 Å². The van der Waals surface area contributed by atoms with E-state index in [1.807, 2.05) is 6.20 Å². The second-order valence-electron chi connectivity index (χ2n) is 4.96. The molecule has 102 valence electrons. The normalized spacial score (nSPS) is 14.3. The summed E-state index contributed by atoms with van der Waals surface area (Å²) in [4.78, 5) is 4.33. The van der Waals surface area contributed by atoms with Crippen molar-refractivity contribution in [1.82, 2.24) is 14.9 Å². The SMILES string of the molecule is CCCNC(c1ccccc1)C(C)n1ccnc1C. The van der Waals surface area contributed by atoms with E-state index in [1.54, 1.807) is 0 Å². The molecule has 0 radical (unpaired) electrons. The smallest absolute Gasteiger partial charge is 0.105 e. The maximum atomic E-state index is 4.33. The van der Waals surface area contributed by atoms with Crippen LogP contribution >= 0.6 is 0 Å². The Bertz CT molecular complexity index is 490. The summed E-state index contributed by atoms with van der Waals surface area (Å²) in [5.74, 6) is 1.06. The highest BCUT2D eigenvalue weighted by Crippen LogP contribution is 2.26. The quantitative estimate of drug-likeness (QED) is 0.858. The molecule has 2 rings (SSSR count). The van der Waals surface area contributed by atoms with E-state index in [-0.39, 0.29) is 0 Å². The number of aromatic nitrogens is 2. The van der Waals surface area contributed by atoms with Crippen LogP contribution in [0.5, 0.6) is 0 Å². The second kappa shape index (κ2) is 6.53. The van der Waals surface area contributed by atoms with E-state index in [0.29, 0.717) is 12.1 Å². The van der Waals surface area contributed by atoms with Gasteiger partial charge < -0.3 is 9.88 Å². The maximum absolute atomic E-state index is 4.33. The molecule has 0 saturated heterocycles.